The van der Waals surface area contributed by atoms with Crippen molar-refractivity contribution in [2.45, 2.75) is 26.8 Å². The van der Waals surface area contributed by atoms with E-state index in [-0.39, 0.29) is 17.0 Å². The molecule has 0 aliphatic heterocycles. The van der Waals surface area contributed by atoms with Crippen molar-refractivity contribution in [1.82, 2.24) is 5.32 Å². The summed E-state index contributed by atoms with van der Waals surface area (Å²) in [5, 5.41) is 2.92. The van der Waals surface area contributed by atoms with Crippen LogP contribution in [0.15, 0.2) is 12.1 Å². The highest BCUT2D eigenvalue weighted by Crippen LogP contribution is 2.34. The SMILES string of the molecule is CNC(c1ccc(F)c(F)c1F)C(C)(C)C. The summed E-state index contributed by atoms with van der Waals surface area (Å²) in [6.45, 7) is 5.69. The summed E-state index contributed by atoms with van der Waals surface area (Å²) < 4.78 is 39.5. The average molecular weight is 231 g/mol. The summed E-state index contributed by atoms with van der Waals surface area (Å²) in [6, 6.07) is 1.85. The molecule has 4 heteroatoms. The maximum Gasteiger partial charge on any atom is 0.194 e. The first kappa shape index (κ1) is 13.0. The highest BCUT2D eigenvalue weighted by molar-refractivity contribution is 5.25. The maximum absolute atomic E-state index is 13.6. The molecule has 0 amide bonds. The first-order valence-electron chi connectivity index (χ1n) is 5.09. The summed E-state index contributed by atoms with van der Waals surface area (Å²) in [5.41, 5.74) is -0.145. The molecule has 0 fully saturated rings. The van der Waals surface area contributed by atoms with Crippen molar-refractivity contribution in [3.8, 4) is 0 Å². The van der Waals surface area contributed by atoms with Gasteiger partial charge < -0.3 is 5.32 Å². The van der Waals surface area contributed by atoms with E-state index in [0.29, 0.717) is 0 Å². The number of benzene rings is 1. The summed E-state index contributed by atoms with van der Waals surface area (Å²) in [6.07, 6.45) is 0. The summed E-state index contributed by atoms with van der Waals surface area (Å²) in [7, 11) is 1.66. The molecule has 1 unspecified atom stereocenters. The van der Waals surface area contributed by atoms with Crippen LogP contribution in [0.5, 0.6) is 0 Å². The lowest BCUT2D eigenvalue weighted by Crippen LogP contribution is -2.30. The molecular formula is C12H16F3N. The molecule has 0 spiro atoms. The van der Waals surface area contributed by atoms with Gasteiger partial charge in [0.25, 0.3) is 0 Å². The Hall–Kier alpha value is -1.03. The Labute approximate surface area is 93.7 Å². The van der Waals surface area contributed by atoms with Gasteiger partial charge in [-0.05, 0) is 18.5 Å². The molecule has 0 aliphatic carbocycles. The second kappa shape index (κ2) is 4.45. The third-order valence-electron chi connectivity index (χ3n) is 2.53. The molecule has 16 heavy (non-hydrogen) atoms. The van der Waals surface area contributed by atoms with E-state index in [1.807, 2.05) is 20.8 Å². The van der Waals surface area contributed by atoms with Crippen LogP contribution in [0.3, 0.4) is 0 Å². The molecule has 1 aromatic rings. The first-order valence-corrected chi connectivity index (χ1v) is 5.09. The van der Waals surface area contributed by atoms with Crippen LogP contribution in [-0.2, 0) is 0 Å². The number of nitrogens with one attached hydrogen (secondary N) is 1. The second-order valence-corrected chi connectivity index (χ2v) is 4.85. The topological polar surface area (TPSA) is 12.0 Å². The Bertz CT molecular complexity index is 383. The Kier molecular flexibility index (Phi) is 3.63. The molecule has 1 nitrogen and oxygen atoms in total. The van der Waals surface area contributed by atoms with Gasteiger partial charge in [0, 0.05) is 11.6 Å². The average Bonchev–Trinajstić information content (AvgIpc) is 2.17. The van der Waals surface area contributed by atoms with Crippen LogP contribution in [0.1, 0.15) is 32.4 Å². The van der Waals surface area contributed by atoms with E-state index in [1.165, 1.54) is 6.07 Å². The van der Waals surface area contributed by atoms with Crippen molar-refractivity contribution >= 4 is 0 Å². The number of hydrogen-bond acceptors (Lipinski definition) is 1. The van der Waals surface area contributed by atoms with Crippen LogP contribution in [0.2, 0.25) is 0 Å². The van der Waals surface area contributed by atoms with E-state index in [9.17, 15) is 13.2 Å². The van der Waals surface area contributed by atoms with Gasteiger partial charge in [0.1, 0.15) is 0 Å². The lowest BCUT2D eigenvalue weighted by Gasteiger charge is -2.31. The monoisotopic (exact) mass is 231 g/mol. The molecule has 1 atom stereocenters. The molecule has 0 saturated carbocycles. The fraction of sp³-hybridized carbons (Fsp3) is 0.500. The van der Waals surface area contributed by atoms with E-state index < -0.39 is 17.5 Å². The molecule has 1 aromatic carbocycles. The van der Waals surface area contributed by atoms with Crippen molar-refractivity contribution in [2.75, 3.05) is 7.05 Å². The van der Waals surface area contributed by atoms with Crippen LogP contribution in [0, 0.1) is 22.9 Å². The highest BCUT2D eigenvalue weighted by atomic mass is 19.2. The predicted molar refractivity (Wildman–Crippen MR) is 57.6 cm³/mol. The molecule has 1 N–H and O–H groups in total. The van der Waals surface area contributed by atoms with E-state index in [0.717, 1.165) is 6.07 Å². The molecule has 0 saturated heterocycles. The molecular weight excluding hydrogens is 215 g/mol. The van der Waals surface area contributed by atoms with Crippen molar-refractivity contribution in [2.24, 2.45) is 5.41 Å². The third-order valence-corrected chi connectivity index (χ3v) is 2.53. The lowest BCUT2D eigenvalue weighted by atomic mass is 9.82. The smallest absolute Gasteiger partial charge is 0.194 e. The van der Waals surface area contributed by atoms with Crippen molar-refractivity contribution in [3.63, 3.8) is 0 Å². The van der Waals surface area contributed by atoms with E-state index in [2.05, 4.69) is 5.32 Å². The standard InChI is InChI=1S/C12H16F3N/c1-12(2,3)11(16-4)7-5-6-8(13)10(15)9(7)14/h5-6,11,16H,1-4H3. The Morgan fingerprint density at radius 3 is 2.06 bits per heavy atom. The van der Waals surface area contributed by atoms with Crippen LogP contribution in [-0.4, -0.2) is 7.05 Å². The minimum atomic E-state index is -1.41. The molecule has 1 rings (SSSR count). The van der Waals surface area contributed by atoms with Crippen LogP contribution in [0.4, 0.5) is 13.2 Å². The van der Waals surface area contributed by atoms with Gasteiger partial charge in [0.2, 0.25) is 0 Å². The van der Waals surface area contributed by atoms with Gasteiger partial charge in [-0.2, -0.15) is 0 Å². The predicted octanol–water partition coefficient (Wildman–Crippen LogP) is 3.41. The minimum absolute atomic E-state index is 0.147. The van der Waals surface area contributed by atoms with Crippen LogP contribution in [0.25, 0.3) is 0 Å². The van der Waals surface area contributed by atoms with Gasteiger partial charge >= 0.3 is 0 Å². The Morgan fingerprint density at radius 2 is 1.62 bits per heavy atom. The van der Waals surface area contributed by atoms with E-state index in [4.69, 9.17) is 0 Å². The van der Waals surface area contributed by atoms with E-state index >= 15 is 0 Å². The second-order valence-electron chi connectivity index (χ2n) is 4.85. The largest absolute Gasteiger partial charge is 0.312 e. The van der Waals surface area contributed by atoms with Crippen molar-refractivity contribution in [3.05, 3.63) is 35.1 Å². The zero-order valence-electron chi connectivity index (χ0n) is 9.87. The third kappa shape index (κ3) is 2.38. The zero-order valence-corrected chi connectivity index (χ0v) is 9.87. The fourth-order valence-corrected chi connectivity index (χ4v) is 1.82. The fourth-order valence-electron chi connectivity index (χ4n) is 1.82. The maximum atomic E-state index is 13.6. The quantitative estimate of drug-likeness (QED) is 0.769. The van der Waals surface area contributed by atoms with Crippen LogP contribution >= 0.6 is 0 Å². The normalized spacial score (nSPS) is 13.9. The van der Waals surface area contributed by atoms with Crippen LogP contribution < -0.4 is 5.32 Å². The molecule has 0 aliphatic rings. The highest BCUT2D eigenvalue weighted by Gasteiger charge is 2.29. The summed E-state index contributed by atoms with van der Waals surface area (Å²) in [4.78, 5) is 0. The molecule has 0 heterocycles. The summed E-state index contributed by atoms with van der Waals surface area (Å²) in [5.74, 6) is -3.69. The number of hydrogen-bond donors (Lipinski definition) is 1. The Balaban J connectivity index is 3.27. The van der Waals surface area contributed by atoms with Gasteiger partial charge in [0.15, 0.2) is 17.5 Å². The lowest BCUT2D eigenvalue weighted by molar-refractivity contribution is 0.276. The summed E-state index contributed by atoms with van der Waals surface area (Å²) >= 11 is 0. The van der Waals surface area contributed by atoms with Gasteiger partial charge in [0.05, 0.1) is 0 Å². The zero-order chi connectivity index (χ0) is 12.5. The van der Waals surface area contributed by atoms with Gasteiger partial charge in [-0.3, -0.25) is 0 Å². The molecule has 90 valence electrons. The van der Waals surface area contributed by atoms with E-state index in [1.54, 1.807) is 7.05 Å². The molecule has 0 radical (unpaired) electrons. The molecule has 0 aromatic heterocycles. The van der Waals surface area contributed by atoms with Gasteiger partial charge in [-0.1, -0.05) is 26.8 Å². The van der Waals surface area contributed by atoms with Gasteiger partial charge in [-0.25, -0.2) is 13.2 Å². The van der Waals surface area contributed by atoms with Crippen molar-refractivity contribution in [1.29, 1.82) is 0 Å². The molecule has 0 bridgehead atoms. The number of halogens is 3. The Morgan fingerprint density at radius 1 is 1.06 bits per heavy atom. The minimum Gasteiger partial charge on any atom is -0.312 e. The van der Waals surface area contributed by atoms with Gasteiger partial charge in [-0.15, -0.1) is 0 Å². The first-order chi connectivity index (χ1) is 7.29. The number of rotatable bonds is 2. The van der Waals surface area contributed by atoms with Crippen molar-refractivity contribution < 1.29 is 13.2 Å².